The Morgan fingerprint density at radius 2 is 1.76 bits per heavy atom. The van der Waals surface area contributed by atoms with Crippen LogP contribution in [0.1, 0.15) is 22.7 Å². The largest absolute Gasteiger partial charge is 0.502 e. The van der Waals surface area contributed by atoms with Gasteiger partial charge in [-0.05, 0) is 29.3 Å². The molecule has 8 heteroatoms. The molecule has 0 radical (unpaired) electrons. The van der Waals surface area contributed by atoms with Gasteiger partial charge in [0.05, 0.1) is 25.8 Å². The molecule has 0 saturated heterocycles. The lowest BCUT2D eigenvalue weighted by molar-refractivity contribution is -0.123. The number of hydrogen-bond acceptors (Lipinski definition) is 6. The number of phenolic OH excluding ortho intramolecular Hbond substituents is 1. The molecule has 2 amide bonds. The van der Waals surface area contributed by atoms with Crippen molar-refractivity contribution >= 4 is 28.3 Å². The summed E-state index contributed by atoms with van der Waals surface area (Å²) in [7, 11) is 2.90. The van der Waals surface area contributed by atoms with E-state index in [-0.39, 0.29) is 22.9 Å². The maximum absolute atomic E-state index is 12.5. The monoisotopic (exact) mass is 391 g/mol. The van der Waals surface area contributed by atoms with Crippen LogP contribution >= 0.6 is 0 Å². The minimum Gasteiger partial charge on any atom is -0.502 e. The first-order valence-corrected chi connectivity index (χ1v) is 8.95. The molecular weight excluding hydrogens is 374 g/mol. The third-order valence-electron chi connectivity index (χ3n) is 5.37. The molecule has 29 heavy (non-hydrogen) atoms. The maximum Gasteiger partial charge on any atom is 0.275 e. The maximum atomic E-state index is 12.5. The van der Waals surface area contributed by atoms with Gasteiger partial charge in [-0.3, -0.25) is 14.9 Å². The summed E-state index contributed by atoms with van der Waals surface area (Å²) in [6, 6.07) is 8.63. The van der Waals surface area contributed by atoms with Crippen LogP contribution in [0, 0.1) is 0 Å². The number of hydrogen-bond donors (Lipinski definition) is 4. The number of phenols is 1. The fourth-order valence-electron chi connectivity index (χ4n) is 4.07. The number of amides is 2. The summed E-state index contributed by atoms with van der Waals surface area (Å²) in [5.41, 5.74) is 3.63. The minimum absolute atomic E-state index is 0.110. The predicted octanol–water partition coefficient (Wildman–Crippen LogP) is 1.95. The highest BCUT2D eigenvalue weighted by atomic mass is 16.5. The van der Waals surface area contributed by atoms with Gasteiger partial charge in [0.15, 0.2) is 11.5 Å². The van der Waals surface area contributed by atoms with E-state index in [0.717, 1.165) is 16.5 Å². The van der Waals surface area contributed by atoms with Gasteiger partial charge in [0.2, 0.25) is 5.75 Å². The number of benzene rings is 2. The number of aromatic hydroxyl groups is 1. The number of imide groups is 1. The standard InChI is InChI=1S/C21H17N3O5/c1-28-13-6-9(7-14(29-2)19(13)25)17-10-4-3-5-12-15(10)11(8-22-12)16-18(23-17)21(27)24-20(16)26/h3-8,17,22-23,25H,1-2H3,(H,24,26,27). The molecule has 4 N–H and O–H groups in total. The summed E-state index contributed by atoms with van der Waals surface area (Å²) in [6.07, 6.45) is 1.74. The molecule has 3 aromatic rings. The summed E-state index contributed by atoms with van der Waals surface area (Å²) < 4.78 is 10.6. The van der Waals surface area contributed by atoms with Gasteiger partial charge in [-0.2, -0.15) is 0 Å². The molecular formula is C21H17N3O5. The normalized spacial score (nSPS) is 17.7. The van der Waals surface area contributed by atoms with E-state index in [1.54, 1.807) is 18.3 Å². The van der Waals surface area contributed by atoms with Crippen LogP contribution in [0.25, 0.3) is 16.5 Å². The predicted molar refractivity (Wildman–Crippen MR) is 105 cm³/mol. The van der Waals surface area contributed by atoms with Gasteiger partial charge in [0, 0.05) is 22.7 Å². The SMILES string of the molecule is COc1cc(C2NC3=C(C(=O)NC3=O)c3c[nH]c4cccc2c34)cc(OC)c1O. The highest BCUT2D eigenvalue weighted by Crippen LogP contribution is 2.44. The number of fused-ring (bicyclic) bond motifs is 1. The molecule has 0 spiro atoms. The second-order valence-corrected chi connectivity index (χ2v) is 6.86. The van der Waals surface area contributed by atoms with Crippen molar-refractivity contribution in [2.45, 2.75) is 6.04 Å². The van der Waals surface area contributed by atoms with Crippen molar-refractivity contribution in [3.8, 4) is 17.2 Å². The minimum atomic E-state index is -0.485. The lowest BCUT2D eigenvalue weighted by Crippen LogP contribution is -2.30. The Morgan fingerprint density at radius 1 is 1.03 bits per heavy atom. The van der Waals surface area contributed by atoms with Crippen molar-refractivity contribution in [2.75, 3.05) is 14.2 Å². The number of H-pyrrole nitrogens is 1. The smallest absolute Gasteiger partial charge is 0.275 e. The number of rotatable bonds is 3. The van der Waals surface area contributed by atoms with Gasteiger partial charge in [0.25, 0.3) is 11.8 Å². The van der Waals surface area contributed by atoms with E-state index in [9.17, 15) is 14.7 Å². The zero-order chi connectivity index (χ0) is 20.3. The number of methoxy groups -OCH3 is 2. The highest BCUT2D eigenvalue weighted by molar-refractivity contribution is 6.37. The molecule has 1 unspecified atom stereocenters. The van der Waals surface area contributed by atoms with Crippen LogP contribution in [-0.4, -0.2) is 36.1 Å². The van der Waals surface area contributed by atoms with Crippen molar-refractivity contribution in [1.82, 2.24) is 15.6 Å². The average Bonchev–Trinajstić information content (AvgIpc) is 3.21. The molecule has 3 heterocycles. The molecule has 0 saturated carbocycles. The molecule has 2 aliphatic heterocycles. The van der Waals surface area contributed by atoms with E-state index in [1.807, 2.05) is 18.2 Å². The van der Waals surface area contributed by atoms with E-state index in [4.69, 9.17) is 9.47 Å². The van der Waals surface area contributed by atoms with Gasteiger partial charge < -0.3 is 24.9 Å². The first-order valence-electron chi connectivity index (χ1n) is 8.95. The number of aromatic nitrogens is 1. The highest BCUT2D eigenvalue weighted by Gasteiger charge is 2.38. The lowest BCUT2D eigenvalue weighted by atomic mass is 9.93. The van der Waals surface area contributed by atoms with Crippen LogP contribution in [0.4, 0.5) is 0 Å². The third-order valence-corrected chi connectivity index (χ3v) is 5.37. The summed E-state index contributed by atoms with van der Waals surface area (Å²) in [5.74, 6) is -0.535. The number of nitrogens with one attached hydrogen (secondary N) is 3. The first-order chi connectivity index (χ1) is 14.0. The Hall–Kier alpha value is -3.94. The van der Waals surface area contributed by atoms with E-state index in [1.165, 1.54) is 14.2 Å². The Morgan fingerprint density at radius 3 is 2.45 bits per heavy atom. The fourth-order valence-corrected chi connectivity index (χ4v) is 4.07. The number of carbonyl (C=O) groups excluding carboxylic acids is 2. The summed E-state index contributed by atoms with van der Waals surface area (Å²) >= 11 is 0. The van der Waals surface area contributed by atoms with Crippen LogP contribution in [0.2, 0.25) is 0 Å². The van der Waals surface area contributed by atoms with E-state index >= 15 is 0 Å². The van der Waals surface area contributed by atoms with Crippen LogP contribution < -0.4 is 20.1 Å². The van der Waals surface area contributed by atoms with Gasteiger partial charge in [-0.25, -0.2) is 0 Å². The molecule has 2 aliphatic rings. The molecule has 8 nitrogen and oxygen atoms in total. The zero-order valence-corrected chi connectivity index (χ0v) is 15.6. The number of aromatic amines is 1. The van der Waals surface area contributed by atoms with E-state index in [0.29, 0.717) is 16.7 Å². The molecule has 146 valence electrons. The molecule has 1 aromatic heterocycles. The van der Waals surface area contributed by atoms with Crippen LogP contribution in [-0.2, 0) is 9.59 Å². The summed E-state index contributed by atoms with van der Waals surface area (Å²) in [6.45, 7) is 0. The molecule has 2 aromatic carbocycles. The Kier molecular flexibility index (Phi) is 3.57. The lowest BCUT2D eigenvalue weighted by Gasteiger charge is -2.22. The summed E-state index contributed by atoms with van der Waals surface area (Å²) in [5, 5.41) is 16.7. The number of carbonyl (C=O) groups is 2. The van der Waals surface area contributed by atoms with Gasteiger partial charge in [-0.1, -0.05) is 12.1 Å². The fraction of sp³-hybridized carbons (Fsp3) is 0.143. The average molecular weight is 391 g/mol. The first kappa shape index (κ1) is 17.2. The van der Waals surface area contributed by atoms with Crippen LogP contribution in [0.3, 0.4) is 0 Å². The number of ether oxygens (including phenoxy) is 2. The zero-order valence-electron chi connectivity index (χ0n) is 15.6. The second kappa shape index (κ2) is 6.03. The van der Waals surface area contributed by atoms with Gasteiger partial charge in [0.1, 0.15) is 5.70 Å². The second-order valence-electron chi connectivity index (χ2n) is 6.86. The molecule has 5 rings (SSSR count). The van der Waals surface area contributed by atoms with Crippen LogP contribution in [0.5, 0.6) is 17.2 Å². The van der Waals surface area contributed by atoms with Crippen molar-refractivity contribution < 1.29 is 24.2 Å². The molecule has 0 bridgehead atoms. The third kappa shape index (κ3) is 2.32. The molecule has 0 fully saturated rings. The van der Waals surface area contributed by atoms with Gasteiger partial charge in [-0.15, -0.1) is 0 Å². The van der Waals surface area contributed by atoms with Crippen molar-refractivity contribution in [2.24, 2.45) is 0 Å². The van der Waals surface area contributed by atoms with Gasteiger partial charge >= 0.3 is 0 Å². The molecule has 1 atom stereocenters. The Balaban J connectivity index is 1.81. The Bertz CT molecular complexity index is 1220. The van der Waals surface area contributed by atoms with E-state index < -0.39 is 17.9 Å². The van der Waals surface area contributed by atoms with Crippen LogP contribution in [0.15, 0.2) is 42.2 Å². The summed E-state index contributed by atoms with van der Waals surface area (Å²) in [4.78, 5) is 28.2. The topological polar surface area (TPSA) is 113 Å². The quantitative estimate of drug-likeness (QED) is 0.508. The van der Waals surface area contributed by atoms with Crippen molar-refractivity contribution in [1.29, 1.82) is 0 Å². The van der Waals surface area contributed by atoms with Crippen molar-refractivity contribution in [3.05, 3.63) is 58.9 Å². The molecule has 0 aliphatic carbocycles. The van der Waals surface area contributed by atoms with E-state index in [2.05, 4.69) is 15.6 Å². The Labute approximate surface area is 165 Å². The van der Waals surface area contributed by atoms with Crippen molar-refractivity contribution in [3.63, 3.8) is 0 Å².